The van der Waals surface area contributed by atoms with E-state index >= 15 is 0 Å². The Kier molecular flexibility index (Phi) is 4.07. The molecule has 0 unspecified atom stereocenters. The monoisotopic (exact) mass is 203 g/mol. The van der Waals surface area contributed by atoms with E-state index in [1.165, 1.54) is 11.3 Å². The van der Waals surface area contributed by atoms with E-state index in [0.29, 0.717) is 0 Å². The van der Waals surface area contributed by atoms with Gasteiger partial charge in [0, 0.05) is 5.71 Å². The maximum atomic E-state index is 4.64. The normalized spacial score (nSPS) is 12.9. The fraction of sp³-hybridized carbons (Fsp3) is 0.500. The van der Waals surface area contributed by atoms with Crippen LogP contribution in [-0.4, -0.2) is 11.3 Å². The summed E-state index contributed by atoms with van der Waals surface area (Å²) in [6.07, 6.45) is 2.15. The van der Waals surface area contributed by atoms with Crippen LogP contribution in [0.4, 0.5) is 0 Å². The molecule has 0 aliphatic heterocycles. The van der Waals surface area contributed by atoms with Crippen LogP contribution in [0.5, 0.6) is 0 Å². The van der Waals surface area contributed by atoms with Crippen LogP contribution in [0.2, 0.25) is 0 Å². The molecule has 1 nitrogen and oxygen atoms in total. The summed E-state index contributed by atoms with van der Waals surface area (Å²) in [7, 11) is 0. The van der Waals surface area contributed by atoms with Crippen molar-refractivity contribution in [3.8, 4) is 0 Å². The number of hydrogen-bond donors (Lipinski definition) is 0. The van der Waals surface area contributed by atoms with Gasteiger partial charge in [-0.1, -0.05) is 30.3 Å². The van der Waals surface area contributed by atoms with Gasteiger partial charge in [-0.2, -0.15) is 0 Å². The number of rotatable bonds is 3. The standard InChI is InChI=1S/C14H21N/c1-12(15-14(2,3)4)10-11-13-8-6-5-7-9-13/h5-9H,10-11H2,1-4H3. The lowest BCUT2D eigenvalue weighted by atomic mass is 10.1. The van der Waals surface area contributed by atoms with Crippen molar-refractivity contribution >= 4 is 5.71 Å². The Morgan fingerprint density at radius 3 is 2.27 bits per heavy atom. The lowest BCUT2D eigenvalue weighted by Gasteiger charge is -2.14. The zero-order valence-electron chi connectivity index (χ0n) is 10.2. The molecular formula is C14H21N. The number of hydrogen-bond acceptors (Lipinski definition) is 1. The molecule has 0 aliphatic carbocycles. The molecule has 0 heterocycles. The second kappa shape index (κ2) is 5.11. The molecule has 1 aromatic rings. The number of aryl methyl sites for hydroxylation is 1. The Morgan fingerprint density at radius 2 is 1.73 bits per heavy atom. The zero-order valence-corrected chi connectivity index (χ0v) is 10.2. The molecule has 0 atom stereocenters. The first-order valence-corrected chi connectivity index (χ1v) is 5.57. The topological polar surface area (TPSA) is 12.4 Å². The van der Waals surface area contributed by atoms with Gasteiger partial charge in [-0.25, -0.2) is 0 Å². The largest absolute Gasteiger partial charge is 0.289 e. The molecule has 1 rings (SSSR count). The van der Waals surface area contributed by atoms with Gasteiger partial charge in [0.05, 0.1) is 5.54 Å². The number of aliphatic imine (C=N–C) groups is 1. The van der Waals surface area contributed by atoms with Crippen molar-refractivity contribution in [2.45, 2.75) is 46.1 Å². The van der Waals surface area contributed by atoms with Crippen LogP contribution in [0, 0.1) is 0 Å². The summed E-state index contributed by atoms with van der Waals surface area (Å²) in [6.45, 7) is 8.53. The molecule has 0 saturated heterocycles. The third-order valence-electron chi connectivity index (χ3n) is 2.14. The van der Waals surface area contributed by atoms with Gasteiger partial charge in [-0.05, 0) is 46.1 Å². The maximum Gasteiger partial charge on any atom is 0.0523 e. The van der Waals surface area contributed by atoms with Gasteiger partial charge in [-0.3, -0.25) is 4.99 Å². The van der Waals surface area contributed by atoms with Crippen molar-refractivity contribution in [1.29, 1.82) is 0 Å². The first kappa shape index (κ1) is 12.0. The van der Waals surface area contributed by atoms with Crippen molar-refractivity contribution in [3.63, 3.8) is 0 Å². The molecule has 0 amide bonds. The molecule has 0 N–H and O–H groups in total. The van der Waals surface area contributed by atoms with E-state index < -0.39 is 0 Å². The van der Waals surface area contributed by atoms with Gasteiger partial charge < -0.3 is 0 Å². The highest BCUT2D eigenvalue weighted by Crippen LogP contribution is 2.09. The van der Waals surface area contributed by atoms with E-state index in [4.69, 9.17) is 0 Å². The summed E-state index contributed by atoms with van der Waals surface area (Å²) < 4.78 is 0. The van der Waals surface area contributed by atoms with E-state index in [2.05, 4.69) is 63.0 Å². The second-order valence-corrected chi connectivity index (χ2v) is 5.00. The summed E-state index contributed by atoms with van der Waals surface area (Å²) in [5.41, 5.74) is 2.69. The zero-order chi connectivity index (χ0) is 11.3. The van der Waals surface area contributed by atoms with E-state index in [1.54, 1.807) is 0 Å². The molecule has 0 saturated carbocycles. The molecule has 0 aromatic heterocycles. The van der Waals surface area contributed by atoms with Gasteiger partial charge in [0.2, 0.25) is 0 Å². The molecule has 15 heavy (non-hydrogen) atoms. The van der Waals surface area contributed by atoms with Crippen LogP contribution in [0.1, 0.15) is 39.7 Å². The van der Waals surface area contributed by atoms with Crippen molar-refractivity contribution < 1.29 is 0 Å². The van der Waals surface area contributed by atoms with Crippen LogP contribution in [0.3, 0.4) is 0 Å². The molecular weight excluding hydrogens is 182 g/mol. The third-order valence-corrected chi connectivity index (χ3v) is 2.14. The molecule has 0 bridgehead atoms. The van der Waals surface area contributed by atoms with E-state index in [0.717, 1.165) is 12.8 Å². The minimum absolute atomic E-state index is 0.0563. The molecule has 1 heteroatoms. The first-order chi connectivity index (χ1) is 6.97. The van der Waals surface area contributed by atoms with Gasteiger partial charge in [0.15, 0.2) is 0 Å². The van der Waals surface area contributed by atoms with Crippen LogP contribution >= 0.6 is 0 Å². The van der Waals surface area contributed by atoms with Gasteiger partial charge in [0.1, 0.15) is 0 Å². The summed E-state index contributed by atoms with van der Waals surface area (Å²) in [5, 5.41) is 0. The molecule has 1 aromatic carbocycles. The Labute approximate surface area is 93.2 Å². The van der Waals surface area contributed by atoms with Crippen LogP contribution < -0.4 is 0 Å². The highest BCUT2D eigenvalue weighted by molar-refractivity contribution is 5.82. The molecule has 82 valence electrons. The first-order valence-electron chi connectivity index (χ1n) is 5.57. The summed E-state index contributed by atoms with van der Waals surface area (Å²) >= 11 is 0. The second-order valence-electron chi connectivity index (χ2n) is 5.00. The fourth-order valence-corrected chi connectivity index (χ4v) is 1.60. The quantitative estimate of drug-likeness (QED) is 0.661. The predicted molar refractivity (Wildman–Crippen MR) is 67.6 cm³/mol. The molecule has 0 radical (unpaired) electrons. The predicted octanol–water partition coefficient (Wildman–Crippen LogP) is 3.88. The van der Waals surface area contributed by atoms with Crippen LogP contribution in [0.15, 0.2) is 35.3 Å². The average Bonchev–Trinajstić information content (AvgIpc) is 2.14. The lowest BCUT2D eigenvalue weighted by Crippen LogP contribution is -2.13. The van der Waals surface area contributed by atoms with Crippen molar-refractivity contribution in [2.75, 3.05) is 0 Å². The van der Waals surface area contributed by atoms with Crippen LogP contribution in [-0.2, 0) is 6.42 Å². The minimum atomic E-state index is 0.0563. The Morgan fingerprint density at radius 1 is 1.13 bits per heavy atom. The maximum absolute atomic E-state index is 4.64. The van der Waals surface area contributed by atoms with Gasteiger partial charge in [0.25, 0.3) is 0 Å². The Balaban J connectivity index is 2.48. The molecule has 0 spiro atoms. The third kappa shape index (κ3) is 5.36. The number of benzene rings is 1. The lowest BCUT2D eigenvalue weighted by molar-refractivity contribution is 0.581. The molecule has 0 aliphatic rings. The average molecular weight is 203 g/mol. The number of nitrogens with zero attached hydrogens (tertiary/aromatic N) is 1. The van der Waals surface area contributed by atoms with Gasteiger partial charge >= 0.3 is 0 Å². The summed E-state index contributed by atoms with van der Waals surface area (Å²) in [6, 6.07) is 10.6. The van der Waals surface area contributed by atoms with Crippen LogP contribution in [0.25, 0.3) is 0 Å². The Bertz CT molecular complexity index is 317. The van der Waals surface area contributed by atoms with E-state index in [1.807, 2.05) is 0 Å². The fourth-order valence-electron chi connectivity index (χ4n) is 1.60. The van der Waals surface area contributed by atoms with Crippen molar-refractivity contribution in [1.82, 2.24) is 0 Å². The van der Waals surface area contributed by atoms with Crippen molar-refractivity contribution in [2.24, 2.45) is 4.99 Å². The van der Waals surface area contributed by atoms with E-state index in [-0.39, 0.29) is 5.54 Å². The van der Waals surface area contributed by atoms with E-state index in [9.17, 15) is 0 Å². The highest BCUT2D eigenvalue weighted by Gasteiger charge is 2.07. The van der Waals surface area contributed by atoms with Gasteiger partial charge in [-0.15, -0.1) is 0 Å². The summed E-state index contributed by atoms with van der Waals surface area (Å²) in [4.78, 5) is 4.64. The SMILES string of the molecule is CC(CCc1ccccc1)=NC(C)(C)C. The smallest absolute Gasteiger partial charge is 0.0523 e. The van der Waals surface area contributed by atoms with Crippen molar-refractivity contribution in [3.05, 3.63) is 35.9 Å². The minimum Gasteiger partial charge on any atom is -0.289 e. The Hall–Kier alpha value is -1.11. The molecule has 0 fully saturated rings. The summed E-state index contributed by atoms with van der Waals surface area (Å²) in [5.74, 6) is 0. The highest BCUT2D eigenvalue weighted by atomic mass is 14.8.